The first-order valence-electron chi connectivity index (χ1n) is 24.0. The van der Waals surface area contributed by atoms with Crippen LogP contribution in [0, 0.1) is 5.92 Å². The number of carbonyl (C=O) groups excluding carboxylic acids is 5. The van der Waals surface area contributed by atoms with Crippen LogP contribution in [0.4, 0.5) is 0 Å². The highest BCUT2D eigenvalue weighted by Crippen LogP contribution is 2.41. The first kappa shape index (κ1) is 53.3. The van der Waals surface area contributed by atoms with Crippen molar-refractivity contribution >= 4 is 47.4 Å². The molecule has 20 heteroatoms. The van der Waals surface area contributed by atoms with E-state index in [1.807, 2.05) is 18.2 Å². The van der Waals surface area contributed by atoms with Crippen molar-refractivity contribution in [3.8, 4) is 0 Å². The van der Waals surface area contributed by atoms with E-state index >= 15 is 4.79 Å². The van der Waals surface area contributed by atoms with Gasteiger partial charge in [0.15, 0.2) is 11.9 Å². The first-order valence-corrected chi connectivity index (χ1v) is 24.0. The summed E-state index contributed by atoms with van der Waals surface area (Å²) in [6, 6.07) is 0.377. The van der Waals surface area contributed by atoms with Crippen molar-refractivity contribution in [1.29, 1.82) is 0 Å². The Balaban J connectivity index is 1.68. The van der Waals surface area contributed by atoms with E-state index in [-0.39, 0.29) is 75.6 Å². The van der Waals surface area contributed by atoms with Gasteiger partial charge in [0.1, 0.15) is 24.2 Å². The Kier molecular flexibility index (Phi) is 22.1. The molecule has 2 heterocycles. The van der Waals surface area contributed by atoms with E-state index in [0.717, 1.165) is 80.2 Å². The number of carboxylic acids is 1. The molecule has 2 aliphatic heterocycles. The summed E-state index contributed by atoms with van der Waals surface area (Å²) in [5.74, 6) is -5.21. The molecule has 5 amide bonds. The molecule has 1 aromatic carbocycles. The number of amides is 5. The molecule has 1 saturated carbocycles. The number of benzene rings is 1. The second-order valence-corrected chi connectivity index (χ2v) is 18.0. The highest BCUT2D eigenvalue weighted by molar-refractivity contribution is 6.04. The third kappa shape index (κ3) is 15.4. The third-order valence-corrected chi connectivity index (χ3v) is 13.2. The summed E-state index contributed by atoms with van der Waals surface area (Å²) in [6.07, 6.45) is 12.2. The Bertz CT molecular complexity index is 1840. The molecule has 1 aromatic rings. The van der Waals surface area contributed by atoms with Crippen LogP contribution in [-0.2, 0) is 41.7 Å². The van der Waals surface area contributed by atoms with Gasteiger partial charge in [-0.25, -0.2) is 4.79 Å². The van der Waals surface area contributed by atoms with Gasteiger partial charge in [0, 0.05) is 38.5 Å². The van der Waals surface area contributed by atoms with Crippen LogP contribution in [0.3, 0.4) is 0 Å². The number of carboxylic acid groups (broad SMARTS) is 1. The molecule has 66 heavy (non-hydrogen) atoms. The lowest BCUT2D eigenvalue weighted by Gasteiger charge is -2.43. The molecule has 0 bridgehead atoms. The SMILES string of the molecule is NCCCCCCCCCCCC(=O)N(C(=O)[C@H](CCCN=C(N)N)NC(=O)[C@H](N)CCCN=C(N)N)[C@@H](CO)C(=O)N1Cc2ccccc2C[C@@H]1C(=O)N1[C@H](C(=O)O)C[C@@H]2CCCC[C@@H]21. The van der Waals surface area contributed by atoms with Gasteiger partial charge in [0.2, 0.25) is 23.6 Å². The maximum atomic E-state index is 15.2. The quantitative estimate of drug-likeness (QED) is 0.0333. The average molecular weight is 925 g/mol. The number of guanidine groups is 2. The average Bonchev–Trinajstić information content (AvgIpc) is 3.70. The normalized spacial score (nSPS) is 20.2. The number of nitrogens with two attached hydrogens (primary N) is 6. The Morgan fingerprint density at radius 1 is 0.788 bits per heavy atom. The minimum atomic E-state index is -1.80. The molecular formula is C46H76N12O8. The number of hydrogen-bond donors (Lipinski definition) is 9. The fourth-order valence-electron chi connectivity index (χ4n) is 9.69. The second-order valence-electron chi connectivity index (χ2n) is 18.0. The number of aliphatic hydroxyl groups excluding tert-OH is 1. The van der Waals surface area contributed by atoms with Gasteiger partial charge in [0.25, 0.3) is 5.91 Å². The molecule has 7 atom stereocenters. The van der Waals surface area contributed by atoms with E-state index in [2.05, 4.69) is 15.3 Å². The lowest BCUT2D eigenvalue weighted by molar-refractivity contribution is -0.163. The molecular weight excluding hydrogens is 849 g/mol. The van der Waals surface area contributed by atoms with Crippen LogP contribution in [0.15, 0.2) is 34.3 Å². The third-order valence-electron chi connectivity index (χ3n) is 13.2. The number of imide groups is 1. The van der Waals surface area contributed by atoms with Crippen LogP contribution in [-0.4, -0.2) is 135 Å². The number of nitrogens with zero attached hydrogens (tertiary/aromatic N) is 5. The molecule has 0 unspecified atom stereocenters. The number of aliphatic hydroxyl groups is 1. The maximum absolute atomic E-state index is 15.2. The van der Waals surface area contributed by atoms with Crippen molar-refractivity contribution < 1.29 is 39.0 Å². The zero-order valence-electron chi connectivity index (χ0n) is 38.6. The molecule has 0 radical (unpaired) electrons. The molecule has 4 rings (SSSR count). The molecule has 20 nitrogen and oxygen atoms in total. The monoisotopic (exact) mass is 925 g/mol. The number of unbranched alkanes of at least 4 members (excludes halogenated alkanes) is 8. The Morgan fingerprint density at radius 3 is 1.98 bits per heavy atom. The van der Waals surface area contributed by atoms with E-state index in [9.17, 15) is 34.2 Å². The molecule has 0 spiro atoms. The van der Waals surface area contributed by atoms with Crippen LogP contribution in [0.2, 0.25) is 0 Å². The van der Waals surface area contributed by atoms with Crippen molar-refractivity contribution in [2.24, 2.45) is 50.3 Å². The van der Waals surface area contributed by atoms with Crippen molar-refractivity contribution in [3.05, 3.63) is 35.4 Å². The van der Waals surface area contributed by atoms with Crippen LogP contribution in [0.5, 0.6) is 0 Å². The Hall–Kier alpha value is -5.34. The summed E-state index contributed by atoms with van der Waals surface area (Å²) in [7, 11) is 0. The molecule has 1 saturated heterocycles. The fourth-order valence-corrected chi connectivity index (χ4v) is 9.69. The molecule has 2 fully saturated rings. The number of aliphatic carboxylic acids is 1. The predicted octanol–water partition coefficient (Wildman–Crippen LogP) is 0.679. The predicted molar refractivity (Wildman–Crippen MR) is 251 cm³/mol. The van der Waals surface area contributed by atoms with Gasteiger partial charge in [-0.1, -0.05) is 82.1 Å². The van der Waals surface area contributed by atoms with Crippen LogP contribution in [0.25, 0.3) is 0 Å². The van der Waals surface area contributed by atoms with E-state index in [1.165, 1.54) is 9.80 Å². The minimum Gasteiger partial charge on any atom is -0.480 e. The second kappa shape index (κ2) is 27.3. The largest absolute Gasteiger partial charge is 0.480 e. The summed E-state index contributed by atoms with van der Waals surface area (Å²) >= 11 is 0. The van der Waals surface area contributed by atoms with Gasteiger partial charge >= 0.3 is 5.97 Å². The van der Waals surface area contributed by atoms with Crippen LogP contribution < -0.4 is 39.7 Å². The van der Waals surface area contributed by atoms with Gasteiger partial charge in [-0.05, 0) is 81.4 Å². The number of carbonyl (C=O) groups is 6. The smallest absolute Gasteiger partial charge is 0.326 e. The summed E-state index contributed by atoms with van der Waals surface area (Å²) in [6.45, 7) is -0.138. The van der Waals surface area contributed by atoms with Gasteiger partial charge in [-0.15, -0.1) is 0 Å². The van der Waals surface area contributed by atoms with E-state index in [4.69, 9.17) is 34.4 Å². The van der Waals surface area contributed by atoms with Crippen LogP contribution >= 0.6 is 0 Å². The summed E-state index contributed by atoms with van der Waals surface area (Å²) < 4.78 is 0. The summed E-state index contributed by atoms with van der Waals surface area (Å²) in [5, 5.41) is 24.2. The standard InChI is InChI=1S/C46H76N12O8/c47-23-13-7-5-3-1-2-4-6-8-22-39(60)58(41(62)34(20-15-25-54-46(51)52)55-40(61)33(48)19-14-24-53-45(49)50)38(29-59)42(63)56-28-32-18-10-9-16-30(32)26-36(56)43(64)57-35-21-12-11-17-31(35)27-37(57)44(65)66/h9-10,16,18,31,33-38,59H,1-8,11-15,17,19-29,47-48H2,(H,55,61)(H,65,66)(H4,49,50,53)(H4,51,52,54)/t31-,33+,34-,35-,36+,37-,38-/m0/s1. The van der Waals surface area contributed by atoms with E-state index < -0.39 is 72.3 Å². The van der Waals surface area contributed by atoms with Gasteiger partial charge in [-0.3, -0.25) is 38.9 Å². The van der Waals surface area contributed by atoms with Gasteiger partial charge < -0.3 is 59.7 Å². The highest BCUT2D eigenvalue weighted by Gasteiger charge is 2.52. The number of rotatable bonds is 27. The minimum absolute atomic E-state index is 0.00609. The number of fused-ring (bicyclic) bond motifs is 2. The number of nitrogens with one attached hydrogen (secondary N) is 1. The number of hydrogen-bond acceptors (Lipinski definition) is 11. The Morgan fingerprint density at radius 2 is 1.38 bits per heavy atom. The van der Waals surface area contributed by atoms with Crippen molar-refractivity contribution in [1.82, 2.24) is 20.0 Å². The molecule has 1 aliphatic carbocycles. The van der Waals surface area contributed by atoms with Crippen molar-refractivity contribution in [3.63, 3.8) is 0 Å². The highest BCUT2D eigenvalue weighted by atomic mass is 16.4. The molecule has 3 aliphatic rings. The van der Waals surface area contributed by atoms with E-state index in [1.54, 1.807) is 6.07 Å². The molecule has 0 aromatic heterocycles. The number of likely N-dealkylation sites (tertiary alicyclic amines) is 1. The summed E-state index contributed by atoms with van der Waals surface area (Å²) in [5.41, 5.74) is 35.3. The zero-order chi connectivity index (χ0) is 48.2. The number of aliphatic imine (C=N–C) groups is 2. The molecule has 15 N–H and O–H groups in total. The van der Waals surface area contributed by atoms with Gasteiger partial charge in [0.05, 0.1) is 12.6 Å². The summed E-state index contributed by atoms with van der Waals surface area (Å²) in [4.78, 5) is 97.3. The van der Waals surface area contributed by atoms with Crippen molar-refractivity contribution in [2.75, 3.05) is 26.2 Å². The maximum Gasteiger partial charge on any atom is 0.326 e. The lowest BCUT2D eigenvalue weighted by Crippen LogP contribution is -2.64. The molecule has 368 valence electrons. The van der Waals surface area contributed by atoms with Crippen LogP contribution in [0.1, 0.15) is 133 Å². The first-order chi connectivity index (χ1) is 31.7. The lowest BCUT2D eigenvalue weighted by atomic mass is 9.84. The van der Waals surface area contributed by atoms with E-state index in [0.29, 0.717) is 38.6 Å². The zero-order valence-corrected chi connectivity index (χ0v) is 38.6. The Labute approximate surface area is 388 Å². The topological polar surface area (TPSA) is 345 Å². The van der Waals surface area contributed by atoms with Crippen molar-refractivity contribution in [2.45, 2.75) is 171 Å². The fraction of sp³-hybridized carbons (Fsp3) is 0.696. The van der Waals surface area contributed by atoms with Gasteiger partial charge in [-0.2, -0.15) is 0 Å².